The molecule has 0 amide bonds. The Balaban J connectivity index is 2.17. The summed E-state index contributed by atoms with van der Waals surface area (Å²) in [6.07, 6.45) is 0.454. The first kappa shape index (κ1) is 13.7. The Kier molecular flexibility index (Phi) is 5.06. The van der Waals surface area contributed by atoms with E-state index in [-0.39, 0.29) is 6.10 Å². The predicted octanol–water partition coefficient (Wildman–Crippen LogP) is 1.96. The van der Waals surface area contributed by atoms with Crippen molar-refractivity contribution in [2.45, 2.75) is 19.4 Å². The van der Waals surface area contributed by atoms with E-state index in [0.717, 1.165) is 18.5 Å². The maximum atomic E-state index is 5.73. The van der Waals surface area contributed by atoms with Crippen LogP contribution in [-0.4, -0.2) is 30.3 Å². The molecule has 2 rings (SSSR count). The molecule has 1 heterocycles. The lowest BCUT2D eigenvalue weighted by atomic mass is 10.1. The molecular formula is C14H19N3O2. The van der Waals surface area contributed by atoms with Gasteiger partial charge in [0.2, 0.25) is 11.7 Å². The molecule has 1 N–H and O–H groups in total. The quantitative estimate of drug-likeness (QED) is 0.825. The Morgan fingerprint density at radius 2 is 2.11 bits per heavy atom. The van der Waals surface area contributed by atoms with Gasteiger partial charge in [-0.25, -0.2) is 0 Å². The minimum absolute atomic E-state index is 0.265. The van der Waals surface area contributed by atoms with Crippen molar-refractivity contribution in [2.24, 2.45) is 0 Å². The van der Waals surface area contributed by atoms with Crippen LogP contribution in [0.5, 0.6) is 0 Å². The van der Waals surface area contributed by atoms with Crippen molar-refractivity contribution in [3.8, 4) is 0 Å². The molecule has 5 heteroatoms. The second-order valence-corrected chi connectivity index (χ2v) is 4.15. The SMILES string of the molecule is CCOC(c1ccccc1)c1noc(CCNC)n1. The van der Waals surface area contributed by atoms with Crippen molar-refractivity contribution in [1.29, 1.82) is 0 Å². The van der Waals surface area contributed by atoms with Crippen LogP contribution in [0.3, 0.4) is 0 Å². The number of hydrogen-bond acceptors (Lipinski definition) is 5. The van der Waals surface area contributed by atoms with Crippen LogP contribution >= 0.6 is 0 Å². The normalized spacial score (nSPS) is 12.5. The lowest BCUT2D eigenvalue weighted by Crippen LogP contribution is -2.11. The zero-order chi connectivity index (χ0) is 13.5. The molecule has 0 spiro atoms. The van der Waals surface area contributed by atoms with Crippen molar-refractivity contribution < 1.29 is 9.26 Å². The molecule has 0 aliphatic heterocycles. The van der Waals surface area contributed by atoms with E-state index in [1.165, 1.54) is 0 Å². The fourth-order valence-electron chi connectivity index (χ4n) is 1.82. The number of rotatable bonds is 7. The summed E-state index contributed by atoms with van der Waals surface area (Å²) in [5.74, 6) is 1.21. The zero-order valence-electron chi connectivity index (χ0n) is 11.3. The highest BCUT2D eigenvalue weighted by atomic mass is 16.5. The van der Waals surface area contributed by atoms with Gasteiger partial charge in [-0.2, -0.15) is 4.98 Å². The van der Waals surface area contributed by atoms with E-state index in [9.17, 15) is 0 Å². The topological polar surface area (TPSA) is 60.2 Å². The molecule has 0 aliphatic carbocycles. The van der Waals surface area contributed by atoms with Gasteiger partial charge >= 0.3 is 0 Å². The van der Waals surface area contributed by atoms with Gasteiger partial charge in [-0.3, -0.25) is 0 Å². The van der Waals surface area contributed by atoms with Gasteiger partial charge in [0.15, 0.2) is 0 Å². The molecule has 2 aromatic rings. The summed E-state index contributed by atoms with van der Waals surface area (Å²) in [5, 5.41) is 7.08. The number of nitrogens with zero attached hydrogens (tertiary/aromatic N) is 2. The van der Waals surface area contributed by atoms with Crippen LogP contribution in [0.4, 0.5) is 0 Å². The number of ether oxygens (including phenoxy) is 1. The summed E-state index contributed by atoms with van der Waals surface area (Å²) in [7, 11) is 1.89. The van der Waals surface area contributed by atoms with E-state index >= 15 is 0 Å². The number of benzene rings is 1. The first-order valence-electron chi connectivity index (χ1n) is 6.48. The minimum Gasteiger partial charge on any atom is -0.366 e. The molecule has 1 unspecified atom stereocenters. The smallest absolute Gasteiger partial charge is 0.228 e. The third-order valence-electron chi connectivity index (χ3n) is 2.74. The summed E-state index contributed by atoms with van der Waals surface area (Å²) >= 11 is 0. The Bertz CT molecular complexity index is 484. The highest BCUT2D eigenvalue weighted by Gasteiger charge is 2.20. The largest absolute Gasteiger partial charge is 0.366 e. The van der Waals surface area contributed by atoms with Crippen molar-refractivity contribution in [2.75, 3.05) is 20.2 Å². The molecule has 0 bridgehead atoms. The van der Waals surface area contributed by atoms with Gasteiger partial charge in [0.1, 0.15) is 6.10 Å². The summed E-state index contributed by atoms with van der Waals surface area (Å²) in [5.41, 5.74) is 1.03. The first-order valence-corrected chi connectivity index (χ1v) is 6.48. The third kappa shape index (κ3) is 3.62. The van der Waals surface area contributed by atoms with E-state index in [1.807, 2.05) is 44.3 Å². The second kappa shape index (κ2) is 7.01. The lowest BCUT2D eigenvalue weighted by Gasteiger charge is -2.13. The third-order valence-corrected chi connectivity index (χ3v) is 2.74. The van der Waals surface area contributed by atoms with Gasteiger partial charge in [-0.15, -0.1) is 0 Å². The Morgan fingerprint density at radius 1 is 1.32 bits per heavy atom. The van der Waals surface area contributed by atoms with Crippen LogP contribution in [-0.2, 0) is 11.2 Å². The predicted molar refractivity (Wildman–Crippen MR) is 71.8 cm³/mol. The molecule has 0 saturated carbocycles. The zero-order valence-corrected chi connectivity index (χ0v) is 11.3. The molecule has 19 heavy (non-hydrogen) atoms. The van der Waals surface area contributed by atoms with Gasteiger partial charge in [0.25, 0.3) is 0 Å². The molecule has 0 fully saturated rings. The second-order valence-electron chi connectivity index (χ2n) is 4.15. The molecule has 5 nitrogen and oxygen atoms in total. The lowest BCUT2D eigenvalue weighted by molar-refractivity contribution is 0.0833. The molecular weight excluding hydrogens is 242 g/mol. The summed E-state index contributed by atoms with van der Waals surface area (Å²) < 4.78 is 11.0. The molecule has 1 aromatic carbocycles. The first-order chi connectivity index (χ1) is 9.35. The Morgan fingerprint density at radius 3 is 2.79 bits per heavy atom. The highest BCUT2D eigenvalue weighted by Crippen LogP contribution is 2.23. The van der Waals surface area contributed by atoms with Crippen LogP contribution < -0.4 is 5.32 Å². The van der Waals surface area contributed by atoms with Gasteiger partial charge in [-0.1, -0.05) is 35.5 Å². The van der Waals surface area contributed by atoms with Gasteiger partial charge in [0.05, 0.1) is 0 Å². The molecule has 0 saturated heterocycles. The van der Waals surface area contributed by atoms with E-state index in [0.29, 0.717) is 18.3 Å². The maximum absolute atomic E-state index is 5.73. The van der Waals surface area contributed by atoms with E-state index in [2.05, 4.69) is 15.5 Å². The number of aromatic nitrogens is 2. The van der Waals surface area contributed by atoms with Crippen LogP contribution in [0, 0.1) is 0 Å². The molecule has 1 atom stereocenters. The molecule has 0 aliphatic rings. The van der Waals surface area contributed by atoms with E-state index < -0.39 is 0 Å². The maximum Gasteiger partial charge on any atom is 0.228 e. The van der Waals surface area contributed by atoms with Crippen LogP contribution in [0.1, 0.15) is 30.3 Å². The van der Waals surface area contributed by atoms with Crippen LogP contribution in [0.2, 0.25) is 0 Å². The van der Waals surface area contributed by atoms with Gasteiger partial charge < -0.3 is 14.6 Å². The van der Waals surface area contributed by atoms with Crippen molar-refractivity contribution in [3.05, 3.63) is 47.6 Å². The average molecular weight is 261 g/mol. The summed E-state index contributed by atoms with van der Waals surface area (Å²) in [6, 6.07) is 9.93. The fourth-order valence-corrected chi connectivity index (χ4v) is 1.82. The van der Waals surface area contributed by atoms with Crippen LogP contribution in [0.15, 0.2) is 34.9 Å². The van der Waals surface area contributed by atoms with E-state index in [1.54, 1.807) is 0 Å². The van der Waals surface area contributed by atoms with E-state index in [4.69, 9.17) is 9.26 Å². The average Bonchev–Trinajstić information content (AvgIpc) is 2.92. The van der Waals surface area contributed by atoms with Crippen LogP contribution in [0.25, 0.3) is 0 Å². The monoisotopic (exact) mass is 261 g/mol. The number of hydrogen-bond donors (Lipinski definition) is 1. The Labute approximate surface area is 113 Å². The molecule has 1 aromatic heterocycles. The number of likely N-dealkylation sites (N-methyl/N-ethyl adjacent to an activating group) is 1. The fraction of sp³-hybridized carbons (Fsp3) is 0.429. The molecule has 102 valence electrons. The standard InChI is InChI=1S/C14H19N3O2/c1-3-18-13(11-7-5-4-6-8-11)14-16-12(19-17-14)9-10-15-2/h4-8,13,15H,3,9-10H2,1-2H3. The molecule has 0 radical (unpaired) electrons. The summed E-state index contributed by atoms with van der Waals surface area (Å²) in [6.45, 7) is 3.37. The summed E-state index contributed by atoms with van der Waals surface area (Å²) in [4.78, 5) is 4.40. The highest BCUT2D eigenvalue weighted by molar-refractivity contribution is 5.22. The Hall–Kier alpha value is -1.72. The minimum atomic E-state index is -0.265. The van der Waals surface area contributed by atoms with Gasteiger partial charge in [0, 0.05) is 19.6 Å². The van der Waals surface area contributed by atoms with Crippen molar-refractivity contribution >= 4 is 0 Å². The van der Waals surface area contributed by atoms with Crippen molar-refractivity contribution in [3.63, 3.8) is 0 Å². The van der Waals surface area contributed by atoms with Crippen molar-refractivity contribution in [1.82, 2.24) is 15.5 Å². The number of nitrogens with one attached hydrogen (secondary N) is 1. The van der Waals surface area contributed by atoms with Gasteiger partial charge in [-0.05, 0) is 19.5 Å².